The number of hydrogen-bond acceptors (Lipinski definition) is 11. The summed E-state index contributed by atoms with van der Waals surface area (Å²) in [6, 6.07) is 14.1. The molecule has 0 saturated carbocycles. The van der Waals surface area contributed by atoms with E-state index < -0.39 is 0 Å². The molecular weight excluding hydrogens is 618 g/mol. The molecule has 0 fully saturated rings. The lowest BCUT2D eigenvalue weighted by atomic mass is 9.93. The number of hydrogen-bond donors (Lipinski definition) is 2. The Kier molecular flexibility index (Phi) is 7.21. The van der Waals surface area contributed by atoms with Gasteiger partial charge in [-0.2, -0.15) is 5.26 Å². The molecule has 12 heteroatoms. The molecule has 0 radical (unpaired) electrons. The second-order valence-corrected chi connectivity index (χ2v) is 13.5. The van der Waals surface area contributed by atoms with Crippen molar-refractivity contribution in [2.24, 2.45) is 31.4 Å². The first-order chi connectivity index (χ1) is 19.7. The van der Waals surface area contributed by atoms with Gasteiger partial charge < -0.3 is 11.5 Å². The normalized spacial score (nSPS) is 24.7. The molecule has 3 aromatic rings. The van der Waals surface area contributed by atoms with E-state index in [1.165, 1.54) is 4.88 Å². The molecule has 1 aromatic carbocycles. The molecule has 41 heavy (non-hydrogen) atoms. The lowest BCUT2D eigenvalue weighted by Crippen LogP contribution is -2.47. The molecule has 0 bridgehead atoms. The summed E-state index contributed by atoms with van der Waals surface area (Å²) in [6.07, 6.45) is 1.60. The molecule has 6 heterocycles. The summed E-state index contributed by atoms with van der Waals surface area (Å²) in [5, 5.41) is 13.3. The van der Waals surface area contributed by atoms with Crippen LogP contribution in [0.2, 0.25) is 0 Å². The predicted molar refractivity (Wildman–Crippen MR) is 172 cm³/mol. The van der Waals surface area contributed by atoms with E-state index in [0.717, 1.165) is 71.2 Å². The molecule has 7 rings (SSSR count). The molecule has 4 aliphatic rings. The van der Waals surface area contributed by atoms with E-state index in [4.69, 9.17) is 21.7 Å². The Balaban J connectivity index is 0.000000156. The van der Waals surface area contributed by atoms with Crippen molar-refractivity contribution in [3.63, 3.8) is 0 Å². The zero-order valence-corrected chi connectivity index (χ0v) is 26.1. The van der Waals surface area contributed by atoms with E-state index in [-0.39, 0.29) is 11.1 Å². The monoisotopic (exact) mass is 647 g/mol. The van der Waals surface area contributed by atoms with Crippen LogP contribution in [0.4, 0.5) is 0 Å². The molecule has 0 aliphatic carbocycles. The standard InChI is InChI=1S/C18H17N5S.C11H13BrN4S/c1-18(9-16-21-5-6-23(16)17(20)22-18)15-8-14(11-24-15)13-4-2-3-12(7-13)10-19;1-11(8-4-7(12)6-17-8)5-9-14-2-3-16(9)10(13)15-11/h2-4,7-8,11H,5-6,9H2,1H3,(H2,20,22);4,6H,2-3,5H2,1H3,(H2,13,15)/t18-;11-/m00/s1. The van der Waals surface area contributed by atoms with Crippen LogP contribution in [0.3, 0.4) is 0 Å². The van der Waals surface area contributed by atoms with Crippen molar-refractivity contribution >= 4 is 62.2 Å². The van der Waals surface area contributed by atoms with Gasteiger partial charge in [-0.25, -0.2) is 9.98 Å². The minimum atomic E-state index is -0.375. The second kappa shape index (κ2) is 10.7. The number of fused-ring (bicyclic) bond motifs is 2. The summed E-state index contributed by atoms with van der Waals surface area (Å²) in [6.45, 7) is 7.55. The molecule has 2 atom stereocenters. The Hall–Kier alpha value is -3.53. The second-order valence-electron chi connectivity index (χ2n) is 10.8. The maximum atomic E-state index is 9.08. The van der Waals surface area contributed by atoms with E-state index >= 15 is 0 Å². The number of halogens is 1. The Morgan fingerprint density at radius 1 is 0.854 bits per heavy atom. The third-order valence-corrected chi connectivity index (χ3v) is 10.8. The Morgan fingerprint density at radius 3 is 2.00 bits per heavy atom. The first-order valence-electron chi connectivity index (χ1n) is 13.3. The maximum absolute atomic E-state index is 9.08. The van der Waals surface area contributed by atoms with Crippen molar-refractivity contribution in [3.05, 3.63) is 66.9 Å². The fraction of sp³-hybridized carbons (Fsp3) is 0.345. The van der Waals surface area contributed by atoms with E-state index in [2.05, 4.69) is 73.7 Å². The largest absolute Gasteiger partial charge is 0.369 e. The van der Waals surface area contributed by atoms with Crippen molar-refractivity contribution in [1.82, 2.24) is 9.80 Å². The van der Waals surface area contributed by atoms with Gasteiger partial charge in [0.1, 0.15) is 22.7 Å². The van der Waals surface area contributed by atoms with Crippen LogP contribution in [0.1, 0.15) is 42.0 Å². The highest BCUT2D eigenvalue weighted by Gasteiger charge is 2.39. The third-order valence-electron chi connectivity index (χ3n) is 7.69. The third kappa shape index (κ3) is 5.29. The topological polar surface area (TPSA) is 132 Å². The molecule has 0 amide bonds. The van der Waals surface area contributed by atoms with Gasteiger partial charge >= 0.3 is 0 Å². The number of nitrogens with zero attached hydrogens (tertiary/aromatic N) is 7. The lowest BCUT2D eigenvalue weighted by molar-refractivity contribution is 0.467. The SMILES string of the molecule is C[C@@]1(c2cc(-c3cccc(C#N)c3)cs2)CC2=NCCN2C(N)=N1.C[C@@]1(c2cc(Br)cs2)CC2=NCCN2C(N)=N1. The van der Waals surface area contributed by atoms with Gasteiger partial charge in [0.05, 0.1) is 24.7 Å². The minimum absolute atomic E-state index is 0.263. The molecule has 0 spiro atoms. The number of amidine groups is 2. The van der Waals surface area contributed by atoms with Gasteiger partial charge in [0.15, 0.2) is 11.9 Å². The van der Waals surface area contributed by atoms with Crippen LogP contribution in [-0.2, 0) is 11.1 Å². The van der Waals surface area contributed by atoms with Gasteiger partial charge in [-0.05, 0) is 70.5 Å². The fourth-order valence-corrected chi connectivity index (χ4v) is 8.08. The molecule has 9 nitrogen and oxygen atoms in total. The fourth-order valence-electron chi connectivity index (χ4n) is 5.52. The minimum Gasteiger partial charge on any atom is -0.369 e. The summed E-state index contributed by atoms with van der Waals surface area (Å²) in [4.78, 5) is 24.9. The van der Waals surface area contributed by atoms with Gasteiger partial charge in [0, 0.05) is 45.5 Å². The van der Waals surface area contributed by atoms with Crippen LogP contribution < -0.4 is 11.5 Å². The van der Waals surface area contributed by atoms with Crippen molar-refractivity contribution < 1.29 is 0 Å². The first-order valence-corrected chi connectivity index (χ1v) is 15.9. The summed E-state index contributed by atoms with van der Waals surface area (Å²) in [7, 11) is 0. The number of aliphatic imine (C=N–C) groups is 4. The molecule has 2 aromatic heterocycles. The smallest absolute Gasteiger partial charge is 0.197 e. The van der Waals surface area contributed by atoms with Gasteiger partial charge in [0.25, 0.3) is 0 Å². The van der Waals surface area contributed by atoms with Crippen LogP contribution in [0.5, 0.6) is 0 Å². The maximum Gasteiger partial charge on any atom is 0.197 e. The Bertz CT molecular complexity index is 1660. The zero-order valence-electron chi connectivity index (χ0n) is 22.8. The van der Waals surface area contributed by atoms with Crippen LogP contribution in [-0.4, -0.2) is 59.6 Å². The molecule has 210 valence electrons. The Labute approximate surface area is 255 Å². The van der Waals surface area contributed by atoms with Gasteiger partial charge in [-0.1, -0.05) is 12.1 Å². The number of nitriles is 1. The Morgan fingerprint density at radius 2 is 1.44 bits per heavy atom. The van der Waals surface area contributed by atoms with E-state index in [1.54, 1.807) is 22.7 Å². The first kappa shape index (κ1) is 27.6. The quantitative estimate of drug-likeness (QED) is 0.409. The highest BCUT2D eigenvalue weighted by molar-refractivity contribution is 9.10. The molecule has 0 saturated heterocycles. The van der Waals surface area contributed by atoms with Crippen molar-refractivity contribution in [2.45, 2.75) is 37.8 Å². The summed E-state index contributed by atoms with van der Waals surface area (Å²) < 4.78 is 1.10. The summed E-state index contributed by atoms with van der Waals surface area (Å²) in [5.74, 6) is 3.26. The van der Waals surface area contributed by atoms with Crippen molar-refractivity contribution in [1.29, 1.82) is 5.26 Å². The average Bonchev–Trinajstić information content (AvgIpc) is 3.76. The van der Waals surface area contributed by atoms with E-state index in [1.807, 2.05) is 34.1 Å². The van der Waals surface area contributed by atoms with Crippen LogP contribution in [0.15, 0.2) is 71.6 Å². The molecule has 0 unspecified atom stereocenters. The van der Waals surface area contributed by atoms with Crippen LogP contribution in [0.25, 0.3) is 11.1 Å². The number of thiophene rings is 2. The molecule has 4 N–H and O–H groups in total. The molecular formula is C29H30BrN9S2. The van der Waals surface area contributed by atoms with Crippen LogP contribution >= 0.6 is 38.6 Å². The summed E-state index contributed by atoms with van der Waals surface area (Å²) >= 11 is 6.87. The predicted octanol–water partition coefficient (Wildman–Crippen LogP) is 5.09. The number of benzene rings is 1. The van der Waals surface area contributed by atoms with Gasteiger partial charge in [0.2, 0.25) is 0 Å². The molecule has 4 aliphatic heterocycles. The highest BCUT2D eigenvalue weighted by Crippen LogP contribution is 2.41. The highest BCUT2D eigenvalue weighted by atomic mass is 79.9. The van der Waals surface area contributed by atoms with Gasteiger partial charge in [-0.3, -0.25) is 19.8 Å². The van der Waals surface area contributed by atoms with E-state index in [9.17, 15) is 0 Å². The van der Waals surface area contributed by atoms with Gasteiger partial charge in [-0.15, -0.1) is 22.7 Å². The van der Waals surface area contributed by atoms with Crippen molar-refractivity contribution in [2.75, 3.05) is 26.2 Å². The number of nitrogens with two attached hydrogens (primary N) is 2. The number of rotatable bonds is 3. The lowest BCUT2D eigenvalue weighted by Gasteiger charge is -2.34. The zero-order chi connectivity index (χ0) is 28.8. The van der Waals surface area contributed by atoms with Crippen molar-refractivity contribution in [3.8, 4) is 17.2 Å². The van der Waals surface area contributed by atoms with Crippen LogP contribution in [0, 0.1) is 11.3 Å². The average molecular weight is 649 g/mol. The number of guanidine groups is 2. The van der Waals surface area contributed by atoms with E-state index in [0.29, 0.717) is 17.5 Å². The summed E-state index contributed by atoms with van der Waals surface area (Å²) in [5.41, 5.74) is 14.4.